The molecular weight excluding hydrogens is 214 g/mol. The van der Waals surface area contributed by atoms with Gasteiger partial charge >= 0.3 is 0 Å². The van der Waals surface area contributed by atoms with Crippen LogP contribution in [0.3, 0.4) is 0 Å². The molecule has 1 saturated carbocycles. The molecule has 0 spiro atoms. The first-order valence-electron chi connectivity index (χ1n) is 6.86. The molecule has 100 valence electrons. The summed E-state index contributed by atoms with van der Waals surface area (Å²) in [6, 6.07) is 0. The molecular formula is C14H27NO2. The van der Waals surface area contributed by atoms with E-state index in [9.17, 15) is 4.79 Å². The molecule has 1 aliphatic carbocycles. The van der Waals surface area contributed by atoms with Gasteiger partial charge in [0.25, 0.3) is 0 Å². The number of nitrogens with one attached hydrogen (secondary N) is 1. The Kier molecular flexibility index (Phi) is 5.44. The monoisotopic (exact) mass is 241 g/mol. The van der Waals surface area contributed by atoms with Crippen LogP contribution in [0.15, 0.2) is 0 Å². The Bertz CT molecular complexity index is 239. The quantitative estimate of drug-likeness (QED) is 0.803. The molecule has 1 rings (SSSR count). The third kappa shape index (κ3) is 5.53. The predicted molar refractivity (Wildman–Crippen MR) is 69.9 cm³/mol. The van der Waals surface area contributed by atoms with Crippen LogP contribution in [0.4, 0.5) is 0 Å². The van der Waals surface area contributed by atoms with Gasteiger partial charge in [0, 0.05) is 12.1 Å². The molecule has 1 unspecified atom stereocenters. The Morgan fingerprint density at radius 2 is 1.94 bits per heavy atom. The minimum atomic E-state index is -0.262. The van der Waals surface area contributed by atoms with Crippen molar-refractivity contribution in [2.75, 3.05) is 6.61 Å². The van der Waals surface area contributed by atoms with Crippen molar-refractivity contribution < 1.29 is 9.53 Å². The van der Waals surface area contributed by atoms with E-state index in [1.54, 1.807) is 0 Å². The molecule has 1 N–H and O–H groups in total. The van der Waals surface area contributed by atoms with E-state index in [1.165, 1.54) is 25.7 Å². The van der Waals surface area contributed by atoms with Crippen molar-refractivity contribution in [3.05, 3.63) is 0 Å². The summed E-state index contributed by atoms with van der Waals surface area (Å²) in [5.74, 6) is 0.725. The highest BCUT2D eigenvalue weighted by Crippen LogP contribution is 2.29. The average Bonchev–Trinajstić information content (AvgIpc) is 2.67. The largest absolute Gasteiger partial charge is 0.369 e. The van der Waals surface area contributed by atoms with Crippen LogP contribution in [0.25, 0.3) is 0 Å². The van der Waals surface area contributed by atoms with Gasteiger partial charge in [0.1, 0.15) is 6.10 Å². The topological polar surface area (TPSA) is 38.3 Å². The molecule has 0 saturated heterocycles. The SMILES string of the molecule is CCOC(CC1CCCC1)C(=O)NC(C)(C)C. The zero-order valence-corrected chi connectivity index (χ0v) is 11.7. The van der Waals surface area contributed by atoms with E-state index >= 15 is 0 Å². The number of rotatable bonds is 5. The second-order valence-electron chi connectivity index (χ2n) is 6.07. The predicted octanol–water partition coefficient (Wildman–Crippen LogP) is 2.89. The molecule has 0 aromatic rings. The Balaban J connectivity index is 2.48. The first-order valence-corrected chi connectivity index (χ1v) is 6.86. The van der Waals surface area contributed by atoms with Crippen molar-refractivity contribution in [2.24, 2.45) is 5.92 Å². The minimum Gasteiger partial charge on any atom is -0.369 e. The van der Waals surface area contributed by atoms with E-state index in [-0.39, 0.29) is 17.6 Å². The fourth-order valence-corrected chi connectivity index (χ4v) is 2.45. The van der Waals surface area contributed by atoms with Crippen molar-refractivity contribution in [3.63, 3.8) is 0 Å². The zero-order chi connectivity index (χ0) is 12.9. The van der Waals surface area contributed by atoms with E-state index in [0.29, 0.717) is 12.5 Å². The van der Waals surface area contributed by atoms with E-state index in [2.05, 4.69) is 5.32 Å². The number of carbonyl (C=O) groups excluding carboxylic acids is 1. The highest BCUT2D eigenvalue weighted by molar-refractivity contribution is 5.81. The fraction of sp³-hybridized carbons (Fsp3) is 0.929. The molecule has 0 bridgehead atoms. The highest BCUT2D eigenvalue weighted by atomic mass is 16.5. The lowest BCUT2D eigenvalue weighted by Gasteiger charge is -2.26. The summed E-state index contributed by atoms with van der Waals surface area (Å²) in [7, 11) is 0. The van der Waals surface area contributed by atoms with E-state index in [4.69, 9.17) is 4.74 Å². The summed E-state index contributed by atoms with van der Waals surface area (Å²) in [6.45, 7) is 8.57. The van der Waals surface area contributed by atoms with Crippen LogP contribution in [0.5, 0.6) is 0 Å². The molecule has 0 aromatic carbocycles. The smallest absolute Gasteiger partial charge is 0.249 e. The Morgan fingerprint density at radius 1 is 1.35 bits per heavy atom. The molecule has 0 heterocycles. The van der Waals surface area contributed by atoms with Crippen LogP contribution in [0, 0.1) is 5.92 Å². The van der Waals surface area contributed by atoms with Crippen molar-refractivity contribution in [1.29, 1.82) is 0 Å². The maximum atomic E-state index is 12.1. The molecule has 1 amide bonds. The van der Waals surface area contributed by atoms with Gasteiger partial charge in [-0.15, -0.1) is 0 Å². The molecule has 1 aliphatic rings. The van der Waals surface area contributed by atoms with Crippen LogP contribution in [0.2, 0.25) is 0 Å². The third-order valence-corrected chi connectivity index (χ3v) is 3.18. The fourth-order valence-electron chi connectivity index (χ4n) is 2.45. The maximum Gasteiger partial charge on any atom is 0.249 e. The summed E-state index contributed by atoms with van der Waals surface area (Å²) in [5.41, 5.74) is -0.178. The van der Waals surface area contributed by atoms with Crippen LogP contribution in [-0.2, 0) is 9.53 Å². The minimum absolute atomic E-state index is 0.0475. The van der Waals surface area contributed by atoms with E-state index in [1.807, 2.05) is 27.7 Å². The van der Waals surface area contributed by atoms with E-state index in [0.717, 1.165) is 6.42 Å². The zero-order valence-electron chi connectivity index (χ0n) is 11.7. The summed E-state index contributed by atoms with van der Waals surface area (Å²) in [5, 5.41) is 3.01. The van der Waals surface area contributed by atoms with Crippen molar-refractivity contribution in [1.82, 2.24) is 5.32 Å². The van der Waals surface area contributed by atoms with Crippen molar-refractivity contribution in [3.8, 4) is 0 Å². The molecule has 3 heteroatoms. The van der Waals surface area contributed by atoms with Gasteiger partial charge in [-0.3, -0.25) is 4.79 Å². The lowest BCUT2D eigenvalue weighted by Crippen LogP contribution is -2.47. The first-order chi connectivity index (χ1) is 7.92. The second kappa shape index (κ2) is 6.39. The summed E-state index contributed by atoms with van der Waals surface area (Å²) in [4.78, 5) is 12.1. The van der Waals surface area contributed by atoms with Gasteiger partial charge in [0.05, 0.1) is 0 Å². The number of hydrogen-bond acceptors (Lipinski definition) is 2. The number of hydrogen-bond donors (Lipinski definition) is 1. The molecule has 17 heavy (non-hydrogen) atoms. The van der Waals surface area contributed by atoms with Crippen LogP contribution < -0.4 is 5.32 Å². The van der Waals surface area contributed by atoms with Crippen LogP contribution >= 0.6 is 0 Å². The Morgan fingerprint density at radius 3 is 2.41 bits per heavy atom. The molecule has 1 atom stereocenters. The highest BCUT2D eigenvalue weighted by Gasteiger charge is 2.27. The van der Waals surface area contributed by atoms with E-state index < -0.39 is 0 Å². The molecule has 1 fully saturated rings. The van der Waals surface area contributed by atoms with Gasteiger partial charge in [-0.25, -0.2) is 0 Å². The number of ether oxygens (including phenoxy) is 1. The van der Waals surface area contributed by atoms with Gasteiger partial charge in [0.2, 0.25) is 5.91 Å². The van der Waals surface area contributed by atoms with Crippen LogP contribution in [-0.4, -0.2) is 24.2 Å². The molecule has 0 radical (unpaired) electrons. The standard InChI is InChI=1S/C14H27NO2/c1-5-17-12(10-11-8-6-7-9-11)13(16)15-14(2,3)4/h11-12H,5-10H2,1-4H3,(H,15,16). The van der Waals surface area contributed by atoms with Gasteiger partial charge < -0.3 is 10.1 Å². The summed E-state index contributed by atoms with van der Waals surface area (Å²) >= 11 is 0. The second-order valence-corrected chi connectivity index (χ2v) is 6.07. The molecule has 0 aromatic heterocycles. The summed E-state index contributed by atoms with van der Waals surface area (Å²) in [6.07, 6.45) is 5.76. The molecule has 0 aliphatic heterocycles. The van der Waals surface area contributed by atoms with Gasteiger partial charge in [-0.1, -0.05) is 25.7 Å². The van der Waals surface area contributed by atoms with Gasteiger partial charge in [0.15, 0.2) is 0 Å². The van der Waals surface area contributed by atoms with Crippen molar-refractivity contribution in [2.45, 2.75) is 71.4 Å². The number of amides is 1. The van der Waals surface area contributed by atoms with Crippen LogP contribution in [0.1, 0.15) is 59.8 Å². The normalized spacial score (nSPS) is 19.3. The Labute approximate surface area is 105 Å². The lowest BCUT2D eigenvalue weighted by atomic mass is 9.98. The average molecular weight is 241 g/mol. The first kappa shape index (κ1) is 14.5. The van der Waals surface area contributed by atoms with Gasteiger partial charge in [-0.2, -0.15) is 0 Å². The third-order valence-electron chi connectivity index (χ3n) is 3.18. The summed E-state index contributed by atoms with van der Waals surface area (Å²) < 4.78 is 5.60. The maximum absolute atomic E-state index is 12.1. The Hall–Kier alpha value is -0.570. The lowest BCUT2D eigenvalue weighted by molar-refractivity contribution is -0.135. The van der Waals surface area contributed by atoms with Crippen molar-refractivity contribution >= 4 is 5.91 Å². The molecule has 3 nitrogen and oxygen atoms in total. The van der Waals surface area contributed by atoms with Gasteiger partial charge in [-0.05, 0) is 40.0 Å². The number of carbonyl (C=O) groups is 1.